The van der Waals surface area contributed by atoms with Gasteiger partial charge in [0.1, 0.15) is 18.1 Å². The van der Waals surface area contributed by atoms with Crippen molar-refractivity contribution in [1.82, 2.24) is 15.5 Å². The average molecular weight is 489 g/mol. The van der Waals surface area contributed by atoms with E-state index in [1.54, 1.807) is 0 Å². The third-order valence-electron chi connectivity index (χ3n) is 7.07. The van der Waals surface area contributed by atoms with Crippen LogP contribution in [0.1, 0.15) is 58.9 Å². The van der Waals surface area contributed by atoms with E-state index in [1.165, 1.54) is 4.90 Å². The second kappa shape index (κ2) is 13.2. The molecule has 6 atom stereocenters. The lowest BCUT2D eigenvalue weighted by atomic mass is 9.95. The number of carboxylic acids is 1. The lowest BCUT2D eigenvalue weighted by Crippen LogP contribution is -2.59. The van der Waals surface area contributed by atoms with E-state index in [4.69, 9.17) is 5.73 Å². The molecule has 0 aliphatic carbocycles. The minimum atomic E-state index is -1.04. The SMILES string of the molecule is CCC(C)C(N)C(=O)NC(Cc1ccccc1)C(=O)NC(C(=O)N1CCCC1C(=O)O)C(C)CC. The molecule has 1 aromatic carbocycles. The maximum atomic E-state index is 13.5. The largest absolute Gasteiger partial charge is 0.480 e. The number of aliphatic carboxylic acids is 1. The van der Waals surface area contributed by atoms with Gasteiger partial charge in [-0.1, -0.05) is 70.9 Å². The number of hydrogen-bond donors (Lipinski definition) is 4. The molecule has 9 heteroatoms. The summed E-state index contributed by atoms with van der Waals surface area (Å²) < 4.78 is 0. The van der Waals surface area contributed by atoms with Gasteiger partial charge >= 0.3 is 5.97 Å². The molecule has 6 unspecified atom stereocenters. The molecular formula is C26H40N4O5. The lowest BCUT2D eigenvalue weighted by molar-refractivity contribution is -0.150. The number of carbonyl (C=O) groups is 4. The van der Waals surface area contributed by atoms with Gasteiger partial charge in [0, 0.05) is 13.0 Å². The van der Waals surface area contributed by atoms with E-state index >= 15 is 0 Å². The third kappa shape index (κ3) is 7.52. The molecular weight excluding hydrogens is 448 g/mol. The molecule has 0 spiro atoms. The quantitative estimate of drug-likeness (QED) is 0.353. The Kier molecular flexibility index (Phi) is 10.7. The summed E-state index contributed by atoms with van der Waals surface area (Å²) in [4.78, 5) is 52.6. The van der Waals surface area contributed by atoms with Crippen LogP contribution in [-0.4, -0.2) is 64.4 Å². The smallest absolute Gasteiger partial charge is 0.326 e. The molecule has 1 heterocycles. The van der Waals surface area contributed by atoms with Gasteiger partial charge in [-0.2, -0.15) is 0 Å². The van der Waals surface area contributed by atoms with Crippen LogP contribution in [0.25, 0.3) is 0 Å². The maximum absolute atomic E-state index is 13.5. The second-order valence-corrected chi connectivity index (χ2v) is 9.56. The van der Waals surface area contributed by atoms with Crippen LogP contribution in [0.5, 0.6) is 0 Å². The summed E-state index contributed by atoms with van der Waals surface area (Å²) in [5, 5.41) is 15.1. The Morgan fingerprint density at radius 1 is 1.03 bits per heavy atom. The van der Waals surface area contributed by atoms with Crippen molar-refractivity contribution < 1.29 is 24.3 Å². The summed E-state index contributed by atoms with van der Waals surface area (Å²) in [5.41, 5.74) is 6.95. The number of carboxylic acid groups (broad SMARTS) is 1. The number of amides is 3. The van der Waals surface area contributed by atoms with Gasteiger partial charge < -0.3 is 26.4 Å². The van der Waals surface area contributed by atoms with Gasteiger partial charge in [-0.15, -0.1) is 0 Å². The molecule has 0 saturated carbocycles. The van der Waals surface area contributed by atoms with Crippen LogP contribution >= 0.6 is 0 Å². The van der Waals surface area contributed by atoms with Crippen molar-refractivity contribution in [3.63, 3.8) is 0 Å². The first kappa shape index (κ1) is 28.3. The van der Waals surface area contributed by atoms with Crippen LogP contribution in [0, 0.1) is 11.8 Å². The minimum Gasteiger partial charge on any atom is -0.480 e. The maximum Gasteiger partial charge on any atom is 0.326 e. The summed E-state index contributed by atoms with van der Waals surface area (Å²) in [7, 11) is 0. The fraction of sp³-hybridized carbons (Fsp3) is 0.615. The Labute approximate surface area is 207 Å². The summed E-state index contributed by atoms with van der Waals surface area (Å²) in [6.45, 7) is 7.91. The minimum absolute atomic E-state index is 0.0620. The third-order valence-corrected chi connectivity index (χ3v) is 7.07. The van der Waals surface area contributed by atoms with Gasteiger partial charge in [-0.05, 0) is 30.2 Å². The van der Waals surface area contributed by atoms with Gasteiger partial charge in [-0.25, -0.2) is 4.79 Å². The molecule has 2 rings (SSSR count). The zero-order valence-corrected chi connectivity index (χ0v) is 21.2. The number of hydrogen-bond acceptors (Lipinski definition) is 5. The molecule has 194 valence electrons. The molecule has 5 N–H and O–H groups in total. The van der Waals surface area contributed by atoms with E-state index < -0.39 is 47.9 Å². The van der Waals surface area contributed by atoms with Gasteiger partial charge in [0.15, 0.2) is 0 Å². The Balaban J connectivity index is 2.26. The first-order chi connectivity index (χ1) is 16.6. The first-order valence-corrected chi connectivity index (χ1v) is 12.5. The molecule has 3 amide bonds. The highest BCUT2D eigenvalue weighted by Crippen LogP contribution is 2.21. The Morgan fingerprint density at radius 3 is 2.23 bits per heavy atom. The lowest BCUT2D eigenvalue weighted by Gasteiger charge is -2.32. The number of carbonyl (C=O) groups excluding carboxylic acids is 3. The van der Waals surface area contributed by atoms with Crippen LogP contribution in [0.3, 0.4) is 0 Å². The summed E-state index contributed by atoms with van der Waals surface area (Å²) >= 11 is 0. The van der Waals surface area contributed by atoms with Crippen LogP contribution in [-0.2, 0) is 25.6 Å². The van der Waals surface area contributed by atoms with E-state index in [1.807, 2.05) is 58.0 Å². The highest BCUT2D eigenvalue weighted by molar-refractivity contribution is 5.94. The standard InChI is InChI=1S/C26H40N4O5/c1-5-16(3)21(27)24(32)28-19(15-18-11-8-7-9-12-18)23(31)29-22(17(4)6-2)25(33)30-14-10-13-20(30)26(34)35/h7-9,11-12,16-17,19-22H,5-6,10,13-15,27H2,1-4H3,(H,28,32)(H,29,31)(H,34,35). The van der Waals surface area contributed by atoms with Crippen molar-refractivity contribution in [1.29, 1.82) is 0 Å². The van der Waals surface area contributed by atoms with Crippen molar-refractivity contribution in [3.05, 3.63) is 35.9 Å². The normalized spacial score (nSPS) is 19.8. The van der Waals surface area contributed by atoms with Gasteiger partial charge in [0.2, 0.25) is 17.7 Å². The van der Waals surface area contributed by atoms with Crippen molar-refractivity contribution in [3.8, 4) is 0 Å². The Morgan fingerprint density at radius 2 is 1.66 bits per heavy atom. The fourth-order valence-corrected chi connectivity index (χ4v) is 4.24. The number of likely N-dealkylation sites (tertiary alicyclic amines) is 1. The molecule has 1 aliphatic rings. The monoisotopic (exact) mass is 488 g/mol. The van der Waals surface area contributed by atoms with E-state index in [2.05, 4.69) is 10.6 Å². The summed E-state index contributed by atoms with van der Waals surface area (Å²) in [6.07, 6.45) is 2.55. The second-order valence-electron chi connectivity index (χ2n) is 9.56. The molecule has 35 heavy (non-hydrogen) atoms. The highest BCUT2D eigenvalue weighted by Gasteiger charge is 2.40. The van der Waals surface area contributed by atoms with E-state index in [0.717, 1.165) is 12.0 Å². The van der Waals surface area contributed by atoms with E-state index in [9.17, 15) is 24.3 Å². The highest BCUT2D eigenvalue weighted by atomic mass is 16.4. The molecule has 1 aliphatic heterocycles. The predicted octanol–water partition coefficient (Wildman–Crippen LogP) is 1.69. The molecule has 9 nitrogen and oxygen atoms in total. The summed E-state index contributed by atoms with van der Waals surface area (Å²) in [6, 6.07) is 5.80. The fourth-order valence-electron chi connectivity index (χ4n) is 4.24. The van der Waals surface area contributed by atoms with E-state index in [-0.39, 0.29) is 18.3 Å². The first-order valence-electron chi connectivity index (χ1n) is 12.5. The van der Waals surface area contributed by atoms with Gasteiger partial charge in [0.25, 0.3) is 0 Å². The molecule has 0 bridgehead atoms. The zero-order valence-electron chi connectivity index (χ0n) is 21.2. The van der Waals surface area contributed by atoms with Crippen molar-refractivity contribution in [2.24, 2.45) is 17.6 Å². The summed E-state index contributed by atoms with van der Waals surface area (Å²) in [5.74, 6) is -2.66. The molecule has 0 radical (unpaired) electrons. The average Bonchev–Trinajstić information content (AvgIpc) is 3.36. The Bertz CT molecular complexity index is 878. The molecule has 1 saturated heterocycles. The Hall–Kier alpha value is -2.94. The van der Waals surface area contributed by atoms with Crippen LogP contribution in [0.15, 0.2) is 30.3 Å². The van der Waals surface area contributed by atoms with Crippen molar-refractivity contribution >= 4 is 23.7 Å². The van der Waals surface area contributed by atoms with Crippen LogP contribution in [0.2, 0.25) is 0 Å². The number of benzene rings is 1. The van der Waals surface area contributed by atoms with Gasteiger partial charge in [0.05, 0.1) is 6.04 Å². The number of nitrogens with two attached hydrogens (primary N) is 1. The number of nitrogens with one attached hydrogen (secondary N) is 2. The van der Waals surface area contributed by atoms with E-state index in [0.29, 0.717) is 25.8 Å². The van der Waals surface area contributed by atoms with Crippen molar-refractivity contribution in [2.45, 2.75) is 84.0 Å². The topological polar surface area (TPSA) is 142 Å². The van der Waals surface area contributed by atoms with Crippen LogP contribution in [0.4, 0.5) is 0 Å². The molecule has 1 fully saturated rings. The predicted molar refractivity (Wildman–Crippen MR) is 133 cm³/mol. The van der Waals surface area contributed by atoms with Crippen LogP contribution < -0.4 is 16.4 Å². The zero-order chi connectivity index (χ0) is 26.1. The molecule has 1 aromatic rings. The van der Waals surface area contributed by atoms with Crippen molar-refractivity contribution in [2.75, 3.05) is 6.54 Å². The number of rotatable bonds is 12. The van der Waals surface area contributed by atoms with Gasteiger partial charge in [-0.3, -0.25) is 14.4 Å². The molecule has 0 aromatic heterocycles. The number of nitrogens with zero attached hydrogens (tertiary/aromatic N) is 1.